The summed E-state index contributed by atoms with van der Waals surface area (Å²) in [5, 5.41) is 14.5. The summed E-state index contributed by atoms with van der Waals surface area (Å²) < 4.78 is 5.38. The average molecular weight is 313 g/mol. The van der Waals surface area contributed by atoms with E-state index in [0.717, 1.165) is 36.4 Å². The summed E-state index contributed by atoms with van der Waals surface area (Å²) in [6.07, 6.45) is 1.01. The number of anilines is 2. The molecule has 0 saturated heterocycles. The van der Waals surface area contributed by atoms with Gasteiger partial charge in [-0.2, -0.15) is 0 Å². The highest BCUT2D eigenvalue weighted by Crippen LogP contribution is 2.32. The van der Waals surface area contributed by atoms with Crippen molar-refractivity contribution in [2.24, 2.45) is 0 Å². The summed E-state index contributed by atoms with van der Waals surface area (Å²) in [4.78, 5) is 12.9. The molecule has 1 aliphatic heterocycles. The van der Waals surface area contributed by atoms with E-state index in [4.69, 9.17) is 4.74 Å². The highest BCUT2D eigenvalue weighted by molar-refractivity contribution is 5.71. The summed E-state index contributed by atoms with van der Waals surface area (Å²) >= 11 is 0. The molecular weight excluding hydrogens is 294 g/mol. The van der Waals surface area contributed by atoms with Crippen LogP contribution in [0, 0.1) is 10.1 Å². The third-order valence-corrected chi connectivity index (χ3v) is 4.00. The van der Waals surface area contributed by atoms with Gasteiger partial charge in [0.2, 0.25) is 0 Å². The van der Waals surface area contributed by atoms with Gasteiger partial charge in [0.15, 0.2) is 0 Å². The van der Waals surface area contributed by atoms with Crippen LogP contribution in [0.1, 0.15) is 12.0 Å². The van der Waals surface area contributed by atoms with Crippen molar-refractivity contribution in [3.63, 3.8) is 0 Å². The highest BCUT2D eigenvalue weighted by atomic mass is 16.6. The maximum absolute atomic E-state index is 11.0. The number of para-hydroxylation sites is 2. The molecule has 2 aromatic rings. The van der Waals surface area contributed by atoms with Crippen LogP contribution >= 0.6 is 0 Å². The number of benzene rings is 2. The molecule has 0 radical (unpaired) electrons. The van der Waals surface area contributed by atoms with Crippen molar-refractivity contribution in [2.45, 2.75) is 13.0 Å². The molecular formula is C17H19N3O3. The van der Waals surface area contributed by atoms with Gasteiger partial charge in [-0.3, -0.25) is 10.1 Å². The fourth-order valence-electron chi connectivity index (χ4n) is 2.88. The molecule has 6 heteroatoms. The van der Waals surface area contributed by atoms with Crippen molar-refractivity contribution in [3.05, 3.63) is 58.1 Å². The molecule has 6 nitrogen and oxygen atoms in total. The lowest BCUT2D eigenvalue weighted by atomic mass is 10.1. The Morgan fingerprint density at radius 2 is 2.13 bits per heavy atom. The molecule has 1 heterocycles. The summed E-state index contributed by atoms with van der Waals surface area (Å²) in [7, 11) is 1.59. The van der Waals surface area contributed by atoms with Crippen molar-refractivity contribution < 1.29 is 9.66 Å². The van der Waals surface area contributed by atoms with Gasteiger partial charge >= 0.3 is 0 Å². The zero-order chi connectivity index (χ0) is 16.2. The van der Waals surface area contributed by atoms with Crippen molar-refractivity contribution in [2.75, 3.05) is 30.4 Å². The van der Waals surface area contributed by atoms with Crippen LogP contribution in [0.15, 0.2) is 42.5 Å². The third-order valence-electron chi connectivity index (χ3n) is 4.00. The van der Waals surface area contributed by atoms with Crippen LogP contribution in [0.4, 0.5) is 17.1 Å². The third kappa shape index (κ3) is 3.21. The van der Waals surface area contributed by atoms with E-state index < -0.39 is 0 Å². The second kappa shape index (κ2) is 6.56. The predicted molar refractivity (Wildman–Crippen MR) is 90.2 cm³/mol. The molecule has 0 saturated carbocycles. The van der Waals surface area contributed by atoms with E-state index in [9.17, 15) is 10.1 Å². The minimum Gasteiger partial charge on any atom is -0.496 e. The summed E-state index contributed by atoms with van der Waals surface area (Å²) in [5.41, 5.74) is 3.10. The number of nitrogens with one attached hydrogen (secondary N) is 1. The number of nitro groups is 1. The molecule has 0 atom stereocenters. The minimum atomic E-state index is -0.374. The van der Waals surface area contributed by atoms with Gasteiger partial charge in [-0.05, 0) is 24.6 Å². The van der Waals surface area contributed by atoms with Gasteiger partial charge in [0.1, 0.15) is 5.75 Å². The van der Waals surface area contributed by atoms with E-state index in [2.05, 4.69) is 22.3 Å². The van der Waals surface area contributed by atoms with Crippen LogP contribution in [0.3, 0.4) is 0 Å². The normalized spacial score (nSPS) is 13.7. The molecule has 0 unspecified atom stereocenters. The molecule has 23 heavy (non-hydrogen) atoms. The summed E-state index contributed by atoms with van der Waals surface area (Å²) in [6, 6.07) is 12.9. The molecule has 1 N–H and O–H groups in total. The van der Waals surface area contributed by atoms with Crippen LogP contribution in [0.5, 0.6) is 5.75 Å². The first-order valence-corrected chi connectivity index (χ1v) is 7.58. The van der Waals surface area contributed by atoms with Crippen molar-refractivity contribution in [3.8, 4) is 5.75 Å². The maximum Gasteiger partial charge on any atom is 0.270 e. The van der Waals surface area contributed by atoms with Crippen LogP contribution in [-0.2, 0) is 6.54 Å². The molecule has 3 rings (SSSR count). The number of nitrogens with zero attached hydrogens (tertiary/aromatic N) is 2. The zero-order valence-corrected chi connectivity index (χ0v) is 13.0. The summed E-state index contributed by atoms with van der Waals surface area (Å²) in [5.74, 6) is 0.672. The second-order valence-corrected chi connectivity index (χ2v) is 5.47. The average Bonchev–Trinajstić information content (AvgIpc) is 2.77. The summed E-state index contributed by atoms with van der Waals surface area (Å²) in [6.45, 7) is 2.37. The zero-order valence-electron chi connectivity index (χ0n) is 13.0. The first kappa shape index (κ1) is 15.1. The van der Waals surface area contributed by atoms with E-state index in [1.807, 2.05) is 12.1 Å². The second-order valence-electron chi connectivity index (χ2n) is 5.47. The quantitative estimate of drug-likeness (QED) is 0.692. The van der Waals surface area contributed by atoms with Gasteiger partial charge in [0.05, 0.1) is 23.4 Å². The van der Waals surface area contributed by atoms with Crippen LogP contribution < -0.4 is 15.0 Å². The predicted octanol–water partition coefficient (Wildman–Crippen LogP) is 3.43. The standard InChI is InChI=1S/C17H19N3O3/c1-23-17-8-7-14(20(21)22)11-13(17)12-19-10-4-9-18-15-5-2-3-6-16(15)19/h2-3,5-8,11,18H,4,9-10,12H2,1H3. The molecule has 1 aliphatic rings. The van der Waals surface area contributed by atoms with Gasteiger partial charge < -0.3 is 15.0 Å². The molecule has 0 spiro atoms. The number of hydrogen-bond acceptors (Lipinski definition) is 5. The van der Waals surface area contributed by atoms with E-state index in [1.54, 1.807) is 19.2 Å². The molecule has 0 aromatic heterocycles. The maximum atomic E-state index is 11.0. The van der Waals surface area contributed by atoms with Crippen LogP contribution in [-0.4, -0.2) is 25.1 Å². The topological polar surface area (TPSA) is 67.6 Å². The van der Waals surface area contributed by atoms with E-state index in [0.29, 0.717) is 12.3 Å². The van der Waals surface area contributed by atoms with Gasteiger partial charge in [0, 0.05) is 37.3 Å². The van der Waals surface area contributed by atoms with Gasteiger partial charge in [-0.15, -0.1) is 0 Å². The number of ether oxygens (including phenoxy) is 1. The largest absolute Gasteiger partial charge is 0.496 e. The Morgan fingerprint density at radius 1 is 1.30 bits per heavy atom. The van der Waals surface area contributed by atoms with Crippen molar-refractivity contribution in [1.29, 1.82) is 0 Å². The number of methoxy groups -OCH3 is 1. The first-order valence-electron chi connectivity index (χ1n) is 7.58. The lowest BCUT2D eigenvalue weighted by molar-refractivity contribution is -0.384. The van der Waals surface area contributed by atoms with Crippen molar-refractivity contribution in [1.82, 2.24) is 0 Å². The Kier molecular flexibility index (Phi) is 4.32. The molecule has 0 amide bonds. The Balaban J connectivity index is 1.95. The smallest absolute Gasteiger partial charge is 0.270 e. The SMILES string of the molecule is COc1ccc([N+](=O)[O-])cc1CN1CCCNc2ccccc21. The molecule has 0 fully saturated rings. The van der Waals surface area contributed by atoms with Crippen LogP contribution in [0.2, 0.25) is 0 Å². The Bertz CT molecular complexity index is 718. The number of non-ortho nitro benzene ring substituents is 1. The highest BCUT2D eigenvalue weighted by Gasteiger charge is 2.18. The Morgan fingerprint density at radius 3 is 2.91 bits per heavy atom. The monoisotopic (exact) mass is 313 g/mol. The number of nitro benzene ring substituents is 1. The Labute approximate surface area is 134 Å². The minimum absolute atomic E-state index is 0.0852. The van der Waals surface area contributed by atoms with Crippen LogP contribution in [0.25, 0.3) is 0 Å². The fourth-order valence-corrected chi connectivity index (χ4v) is 2.88. The van der Waals surface area contributed by atoms with E-state index in [1.165, 1.54) is 6.07 Å². The molecule has 2 aromatic carbocycles. The number of rotatable bonds is 4. The lowest BCUT2D eigenvalue weighted by Crippen LogP contribution is -2.23. The van der Waals surface area contributed by atoms with Gasteiger partial charge in [-0.1, -0.05) is 12.1 Å². The number of fused-ring (bicyclic) bond motifs is 1. The molecule has 120 valence electrons. The first-order chi connectivity index (χ1) is 11.2. The molecule has 0 aliphatic carbocycles. The van der Waals surface area contributed by atoms with E-state index >= 15 is 0 Å². The lowest BCUT2D eigenvalue weighted by Gasteiger charge is -2.25. The molecule has 0 bridgehead atoms. The van der Waals surface area contributed by atoms with Crippen molar-refractivity contribution >= 4 is 17.1 Å². The van der Waals surface area contributed by atoms with E-state index in [-0.39, 0.29) is 10.6 Å². The van der Waals surface area contributed by atoms with Gasteiger partial charge in [-0.25, -0.2) is 0 Å². The number of hydrogen-bond donors (Lipinski definition) is 1. The van der Waals surface area contributed by atoms with Gasteiger partial charge in [0.25, 0.3) is 5.69 Å². The fraction of sp³-hybridized carbons (Fsp3) is 0.294. The Hall–Kier alpha value is -2.76.